The molecule has 0 amide bonds. The van der Waals surface area contributed by atoms with Crippen LogP contribution in [0.3, 0.4) is 0 Å². The van der Waals surface area contributed by atoms with E-state index in [-0.39, 0.29) is 19.5 Å². The molecule has 0 rings (SSSR count). The van der Waals surface area contributed by atoms with Crippen LogP contribution in [0.25, 0.3) is 0 Å². The van der Waals surface area contributed by atoms with Gasteiger partial charge in [0, 0.05) is 19.5 Å². The molecule has 16 heavy (non-hydrogen) atoms. The summed E-state index contributed by atoms with van der Waals surface area (Å²) >= 11 is 0. The molecule has 92 valence electrons. The van der Waals surface area contributed by atoms with Crippen molar-refractivity contribution in [3.05, 3.63) is 0 Å². The average molecular weight is 248 g/mol. The molecule has 0 aliphatic carbocycles. The molecule has 0 aromatic rings. The standard InChI is InChI=1S/C9H16N2O4S/c1-4-11(7-5-6-10)16(13,14)8(2)9(12)15-3/h8H,4-5,7H2,1-3H3. The van der Waals surface area contributed by atoms with Crippen molar-refractivity contribution >= 4 is 16.0 Å². The van der Waals surface area contributed by atoms with E-state index in [1.165, 1.54) is 6.92 Å². The van der Waals surface area contributed by atoms with Crippen LogP contribution in [0.1, 0.15) is 20.3 Å². The maximum absolute atomic E-state index is 11.9. The lowest BCUT2D eigenvalue weighted by Gasteiger charge is -2.22. The number of nitriles is 1. The van der Waals surface area contributed by atoms with E-state index in [1.807, 2.05) is 6.07 Å². The van der Waals surface area contributed by atoms with Gasteiger partial charge in [0.25, 0.3) is 0 Å². The van der Waals surface area contributed by atoms with E-state index in [1.54, 1.807) is 6.92 Å². The third-order valence-electron chi connectivity index (χ3n) is 2.17. The van der Waals surface area contributed by atoms with Crippen LogP contribution in [-0.2, 0) is 19.6 Å². The highest BCUT2D eigenvalue weighted by molar-refractivity contribution is 7.90. The first-order valence-electron chi connectivity index (χ1n) is 4.85. The zero-order valence-corrected chi connectivity index (χ0v) is 10.5. The van der Waals surface area contributed by atoms with Crippen LogP contribution in [0.2, 0.25) is 0 Å². The van der Waals surface area contributed by atoms with Crippen molar-refractivity contribution < 1.29 is 17.9 Å². The number of ether oxygens (including phenoxy) is 1. The van der Waals surface area contributed by atoms with E-state index in [0.29, 0.717) is 0 Å². The molecule has 0 aliphatic heterocycles. The Morgan fingerprint density at radius 1 is 1.56 bits per heavy atom. The first-order chi connectivity index (χ1) is 7.41. The van der Waals surface area contributed by atoms with Crippen molar-refractivity contribution in [2.45, 2.75) is 25.5 Å². The van der Waals surface area contributed by atoms with Gasteiger partial charge in [0.1, 0.15) is 0 Å². The van der Waals surface area contributed by atoms with Crippen molar-refractivity contribution in [1.82, 2.24) is 4.31 Å². The highest BCUT2D eigenvalue weighted by atomic mass is 32.2. The fraction of sp³-hybridized carbons (Fsp3) is 0.778. The van der Waals surface area contributed by atoms with Gasteiger partial charge in [0.2, 0.25) is 10.0 Å². The Kier molecular flexibility index (Phi) is 6.00. The third kappa shape index (κ3) is 3.47. The van der Waals surface area contributed by atoms with Crippen molar-refractivity contribution in [1.29, 1.82) is 5.26 Å². The highest BCUT2D eigenvalue weighted by Gasteiger charge is 2.33. The van der Waals surface area contributed by atoms with E-state index < -0.39 is 21.2 Å². The maximum atomic E-state index is 11.9. The summed E-state index contributed by atoms with van der Waals surface area (Å²) in [6, 6.07) is 1.86. The number of carbonyl (C=O) groups is 1. The molecule has 6 nitrogen and oxygen atoms in total. The SMILES string of the molecule is CCN(CCC#N)S(=O)(=O)C(C)C(=O)OC. The molecule has 0 aliphatic rings. The summed E-state index contributed by atoms with van der Waals surface area (Å²) in [5.41, 5.74) is 0. The molecule has 0 saturated carbocycles. The van der Waals surface area contributed by atoms with Gasteiger partial charge in [-0.25, -0.2) is 12.7 Å². The number of nitrogens with zero attached hydrogens (tertiary/aromatic N) is 2. The predicted octanol–water partition coefficient (Wildman–Crippen LogP) is 0.113. The van der Waals surface area contributed by atoms with Gasteiger partial charge in [-0.3, -0.25) is 4.79 Å². The second kappa shape index (κ2) is 6.45. The van der Waals surface area contributed by atoms with E-state index in [9.17, 15) is 13.2 Å². The van der Waals surface area contributed by atoms with Crippen molar-refractivity contribution in [3.63, 3.8) is 0 Å². The monoisotopic (exact) mass is 248 g/mol. The molecule has 0 saturated heterocycles. The van der Waals surface area contributed by atoms with E-state index >= 15 is 0 Å². The summed E-state index contributed by atoms with van der Waals surface area (Å²) in [7, 11) is -2.59. The Labute approximate surface area is 95.8 Å². The molecule has 0 aromatic heterocycles. The fourth-order valence-corrected chi connectivity index (χ4v) is 2.64. The first-order valence-corrected chi connectivity index (χ1v) is 6.35. The van der Waals surface area contributed by atoms with Gasteiger partial charge >= 0.3 is 5.97 Å². The Morgan fingerprint density at radius 2 is 2.12 bits per heavy atom. The lowest BCUT2D eigenvalue weighted by Crippen LogP contribution is -2.42. The van der Waals surface area contributed by atoms with Gasteiger partial charge in [-0.05, 0) is 6.92 Å². The molecule has 7 heteroatoms. The number of esters is 1. The fourth-order valence-electron chi connectivity index (χ4n) is 1.15. The minimum absolute atomic E-state index is 0.0939. The molecule has 0 N–H and O–H groups in total. The van der Waals surface area contributed by atoms with Gasteiger partial charge < -0.3 is 4.74 Å². The number of hydrogen-bond donors (Lipinski definition) is 0. The van der Waals surface area contributed by atoms with Crippen molar-refractivity contribution in [2.24, 2.45) is 0 Å². The second-order valence-electron chi connectivity index (χ2n) is 3.11. The summed E-state index contributed by atoms with van der Waals surface area (Å²) in [4.78, 5) is 11.2. The molecule has 0 radical (unpaired) electrons. The quantitative estimate of drug-likeness (QED) is 0.623. The molecular formula is C9H16N2O4S. The lowest BCUT2D eigenvalue weighted by atomic mass is 10.5. The molecule has 0 aromatic carbocycles. The first kappa shape index (κ1) is 14.9. The summed E-state index contributed by atoms with van der Waals surface area (Å²) < 4.78 is 29.3. The van der Waals surface area contributed by atoms with Gasteiger partial charge in [0.15, 0.2) is 5.25 Å². The molecule has 1 atom stereocenters. The predicted molar refractivity (Wildman–Crippen MR) is 57.9 cm³/mol. The number of carbonyl (C=O) groups excluding carboxylic acids is 1. The molecule has 0 bridgehead atoms. The summed E-state index contributed by atoms with van der Waals surface area (Å²) in [5, 5.41) is 7.17. The lowest BCUT2D eigenvalue weighted by molar-refractivity contribution is -0.139. The number of rotatable bonds is 6. The minimum Gasteiger partial charge on any atom is -0.468 e. The van der Waals surface area contributed by atoms with Crippen LogP contribution in [0.5, 0.6) is 0 Å². The van der Waals surface area contributed by atoms with Crippen molar-refractivity contribution in [3.8, 4) is 6.07 Å². The van der Waals surface area contributed by atoms with Gasteiger partial charge in [-0.1, -0.05) is 6.92 Å². The van der Waals surface area contributed by atoms with Crippen molar-refractivity contribution in [2.75, 3.05) is 20.2 Å². The van der Waals surface area contributed by atoms with Crippen LogP contribution in [0, 0.1) is 11.3 Å². The maximum Gasteiger partial charge on any atom is 0.325 e. The Bertz CT molecular complexity index is 371. The molecule has 1 unspecified atom stereocenters. The smallest absolute Gasteiger partial charge is 0.325 e. The zero-order chi connectivity index (χ0) is 12.8. The van der Waals surface area contributed by atoms with Crippen LogP contribution in [0.4, 0.5) is 0 Å². The number of sulfonamides is 1. The second-order valence-corrected chi connectivity index (χ2v) is 5.36. The summed E-state index contributed by atoms with van der Waals surface area (Å²) in [6.45, 7) is 3.25. The normalized spacial score (nSPS) is 13.2. The van der Waals surface area contributed by atoms with Gasteiger partial charge in [-0.15, -0.1) is 0 Å². The summed E-state index contributed by atoms with van der Waals surface area (Å²) in [6.07, 6.45) is 0.0982. The minimum atomic E-state index is -3.73. The average Bonchev–Trinajstić information content (AvgIpc) is 2.27. The van der Waals surface area contributed by atoms with Gasteiger partial charge in [0.05, 0.1) is 13.2 Å². The Balaban J connectivity index is 4.87. The topological polar surface area (TPSA) is 87.5 Å². The molecule has 0 heterocycles. The molecule has 0 spiro atoms. The Morgan fingerprint density at radius 3 is 2.50 bits per heavy atom. The molecular weight excluding hydrogens is 232 g/mol. The Hall–Kier alpha value is -1.13. The highest BCUT2D eigenvalue weighted by Crippen LogP contribution is 2.10. The van der Waals surface area contributed by atoms with E-state index in [4.69, 9.17) is 5.26 Å². The van der Waals surface area contributed by atoms with E-state index in [2.05, 4.69) is 4.74 Å². The number of hydrogen-bond acceptors (Lipinski definition) is 5. The van der Waals surface area contributed by atoms with Crippen LogP contribution in [0.15, 0.2) is 0 Å². The third-order valence-corrected chi connectivity index (χ3v) is 4.41. The van der Waals surface area contributed by atoms with Gasteiger partial charge in [-0.2, -0.15) is 5.26 Å². The number of methoxy groups -OCH3 is 1. The summed E-state index contributed by atoms with van der Waals surface area (Å²) in [5.74, 6) is -0.796. The molecule has 0 fully saturated rings. The van der Waals surface area contributed by atoms with Crippen LogP contribution in [-0.4, -0.2) is 44.1 Å². The largest absolute Gasteiger partial charge is 0.468 e. The van der Waals surface area contributed by atoms with Crippen LogP contribution >= 0.6 is 0 Å². The zero-order valence-electron chi connectivity index (χ0n) is 9.63. The van der Waals surface area contributed by atoms with E-state index in [0.717, 1.165) is 11.4 Å². The van der Waals surface area contributed by atoms with Crippen LogP contribution < -0.4 is 0 Å².